The normalized spacial score (nSPS) is 10.6. The zero-order chi connectivity index (χ0) is 19.2. The Balaban J connectivity index is 1.28. The third-order valence-corrected chi connectivity index (χ3v) is 4.43. The van der Waals surface area contributed by atoms with Gasteiger partial charge in [0.25, 0.3) is 0 Å². The van der Waals surface area contributed by atoms with Crippen molar-refractivity contribution < 1.29 is 4.79 Å². The van der Waals surface area contributed by atoms with Gasteiger partial charge in [0.2, 0.25) is 0 Å². The Labute approximate surface area is 163 Å². The summed E-state index contributed by atoms with van der Waals surface area (Å²) in [6.45, 7) is 0.774. The molecule has 2 heterocycles. The van der Waals surface area contributed by atoms with Crippen LogP contribution in [0.1, 0.15) is 5.56 Å². The topological polar surface area (TPSA) is 81.8 Å². The number of carbonyl (C=O) groups is 1. The van der Waals surface area contributed by atoms with E-state index in [1.54, 1.807) is 6.20 Å². The van der Waals surface area contributed by atoms with Gasteiger partial charge in [-0.1, -0.05) is 36.4 Å². The molecule has 0 fully saturated rings. The van der Waals surface area contributed by atoms with Gasteiger partial charge in [-0.3, -0.25) is 0 Å². The van der Waals surface area contributed by atoms with E-state index in [1.165, 1.54) is 10.9 Å². The molecule has 28 heavy (non-hydrogen) atoms. The van der Waals surface area contributed by atoms with Crippen molar-refractivity contribution in [2.24, 2.45) is 0 Å². The number of para-hydroxylation sites is 2. The number of hydrogen-bond donors (Lipinski definition) is 4. The first-order valence-electron chi connectivity index (χ1n) is 9.16. The van der Waals surface area contributed by atoms with Crippen LogP contribution < -0.4 is 16.0 Å². The maximum absolute atomic E-state index is 12.0. The quantitative estimate of drug-likeness (QED) is 0.391. The van der Waals surface area contributed by atoms with Crippen LogP contribution in [-0.4, -0.2) is 22.5 Å². The van der Waals surface area contributed by atoms with Crippen molar-refractivity contribution in [2.75, 3.05) is 22.5 Å². The van der Waals surface area contributed by atoms with Crippen LogP contribution in [0.2, 0.25) is 0 Å². The van der Waals surface area contributed by atoms with Crippen LogP contribution in [0.15, 0.2) is 79.1 Å². The first-order valence-corrected chi connectivity index (χ1v) is 9.16. The molecule has 140 valence electrons. The first-order chi connectivity index (χ1) is 13.8. The maximum atomic E-state index is 12.0. The van der Waals surface area contributed by atoms with Crippen molar-refractivity contribution in [2.45, 2.75) is 6.42 Å². The monoisotopic (exact) mass is 371 g/mol. The third kappa shape index (κ3) is 4.29. The molecule has 2 aromatic carbocycles. The third-order valence-electron chi connectivity index (χ3n) is 4.43. The van der Waals surface area contributed by atoms with E-state index in [0.717, 1.165) is 30.0 Å². The van der Waals surface area contributed by atoms with Crippen LogP contribution in [0.25, 0.3) is 10.9 Å². The minimum Gasteiger partial charge on any atom is -0.370 e. The number of nitrogens with zero attached hydrogens (tertiary/aromatic N) is 1. The van der Waals surface area contributed by atoms with Crippen LogP contribution in [0.4, 0.5) is 22.0 Å². The lowest BCUT2D eigenvalue weighted by atomic mass is 10.1. The van der Waals surface area contributed by atoms with E-state index in [4.69, 9.17) is 0 Å². The van der Waals surface area contributed by atoms with Crippen molar-refractivity contribution in [1.29, 1.82) is 0 Å². The number of H-pyrrole nitrogens is 1. The highest BCUT2D eigenvalue weighted by Gasteiger charge is 2.04. The van der Waals surface area contributed by atoms with E-state index in [1.807, 2.05) is 54.6 Å². The fraction of sp³-hybridized carbons (Fsp3) is 0.0909. The largest absolute Gasteiger partial charge is 0.370 e. The maximum Gasteiger partial charge on any atom is 0.323 e. The molecule has 0 aliphatic heterocycles. The summed E-state index contributed by atoms with van der Waals surface area (Å²) in [5.41, 5.74) is 3.80. The highest BCUT2D eigenvalue weighted by atomic mass is 16.2. The van der Waals surface area contributed by atoms with Crippen LogP contribution >= 0.6 is 0 Å². The number of amides is 2. The fourth-order valence-corrected chi connectivity index (χ4v) is 3.05. The van der Waals surface area contributed by atoms with Crippen LogP contribution in [0.3, 0.4) is 0 Å². The van der Waals surface area contributed by atoms with Crippen molar-refractivity contribution >= 4 is 34.1 Å². The Morgan fingerprint density at radius 2 is 1.68 bits per heavy atom. The van der Waals surface area contributed by atoms with Gasteiger partial charge in [0.05, 0.1) is 11.9 Å². The lowest BCUT2D eigenvalue weighted by Crippen LogP contribution is -2.19. The van der Waals surface area contributed by atoms with E-state index in [0.29, 0.717) is 5.69 Å². The summed E-state index contributed by atoms with van der Waals surface area (Å²) < 4.78 is 0. The van der Waals surface area contributed by atoms with Gasteiger partial charge < -0.3 is 20.9 Å². The Morgan fingerprint density at radius 3 is 2.50 bits per heavy atom. The predicted molar refractivity (Wildman–Crippen MR) is 114 cm³/mol. The molecule has 0 atom stereocenters. The Morgan fingerprint density at radius 1 is 0.893 bits per heavy atom. The second-order valence-electron chi connectivity index (χ2n) is 6.41. The molecule has 6 heteroatoms. The van der Waals surface area contributed by atoms with Crippen molar-refractivity contribution in [1.82, 2.24) is 9.97 Å². The molecule has 6 nitrogen and oxygen atoms in total. The number of rotatable bonds is 6. The van der Waals surface area contributed by atoms with E-state index in [9.17, 15) is 4.79 Å². The Hall–Kier alpha value is -3.80. The van der Waals surface area contributed by atoms with Gasteiger partial charge in [-0.05, 0) is 42.3 Å². The number of fused-ring (bicyclic) bond motifs is 1. The molecule has 2 amide bonds. The van der Waals surface area contributed by atoms with Crippen molar-refractivity contribution in [3.63, 3.8) is 0 Å². The molecule has 0 aliphatic carbocycles. The van der Waals surface area contributed by atoms with Gasteiger partial charge in [-0.25, -0.2) is 9.78 Å². The average molecular weight is 371 g/mol. The summed E-state index contributed by atoms with van der Waals surface area (Å²) in [6.07, 6.45) is 4.59. The van der Waals surface area contributed by atoms with E-state index < -0.39 is 0 Å². The SMILES string of the molecule is O=C(Nc1ccccc1)Nc1ccc(NCCc2c[nH]c3ccccc23)nc1. The fourth-order valence-electron chi connectivity index (χ4n) is 3.05. The summed E-state index contributed by atoms with van der Waals surface area (Å²) >= 11 is 0. The van der Waals surface area contributed by atoms with Gasteiger partial charge in [0, 0.05) is 29.3 Å². The molecule has 0 spiro atoms. The summed E-state index contributed by atoms with van der Waals surface area (Å²) in [6, 6.07) is 21.0. The molecule has 4 aromatic rings. The molecule has 0 unspecified atom stereocenters. The molecular formula is C22H21N5O. The summed E-state index contributed by atoms with van der Waals surface area (Å²) in [4.78, 5) is 19.7. The van der Waals surface area contributed by atoms with E-state index >= 15 is 0 Å². The average Bonchev–Trinajstić information content (AvgIpc) is 3.13. The number of benzene rings is 2. The number of anilines is 3. The summed E-state index contributed by atoms with van der Waals surface area (Å²) in [5, 5.41) is 10.1. The van der Waals surface area contributed by atoms with Gasteiger partial charge >= 0.3 is 6.03 Å². The number of aromatic nitrogens is 2. The standard InChI is InChI=1S/C22H21N5O/c28-22(26-17-6-2-1-3-7-17)27-18-10-11-21(25-15-18)23-13-12-16-14-24-20-9-5-4-8-19(16)20/h1-11,14-15,24H,12-13H2,(H,23,25)(H2,26,27,28). The van der Waals surface area contributed by atoms with Gasteiger partial charge in [-0.2, -0.15) is 0 Å². The predicted octanol–water partition coefficient (Wildman–Crippen LogP) is 4.86. The number of carbonyl (C=O) groups excluding carboxylic acids is 1. The van der Waals surface area contributed by atoms with E-state index in [-0.39, 0.29) is 6.03 Å². The van der Waals surface area contributed by atoms with Crippen LogP contribution in [-0.2, 0) is 6.42 Å². The minimum atomic E-state index is -0.298. The summed E-state index contributed by atoms with van der Waals surface area (Å²) in [7, 11) is 0. The first kappa shape index (κ1) is 17.6. The highest BCUT2D eigenvalue weighted by Crippen LogP contribution is 2.18. The molecule has 2 aromatic heterocycles. The number of urea groups is 1. The zero-order valence-corrected chi connectivity index (χ0v) is 15.3. The summed E-state index contributed by atoms with van der Waals surface area (Å²) in [5.74, 6) is 0.772. The highest BCUT2D eigenvalue weighted by molar-refractivity contribution is 5.99. The lowest BCUT2D eigenvalue weighted by molar-refractivity contribution is 0.262. The van der Waals surface area contributed by atoms with Gasteiger partial charge in [0.1, 0.15) is 5.82 Å². The zero-order valence-electron chi connectivity index (χ0n) is 15.3. The number of nitrogens with one attached hydrogen (secondary N) is 4. The molecular weight excluding hydrogens is 350 g/mol. The molecule has 4 rings (SSSR count). The smallest absolute Gasteiger partial charge is 0.323 e. The number of aromatic amines is 1. The second-order valence-corrected chi connectivity index (χ2v) is 6.41. The van der Waals surface area contributed by atoms with E-state index in [2.05, 4.69) is 44.2 Å². The molecule has 0 saturated heterocycles. The molecule has 0 bridgehead atoms. The Kier molecular flexibility index (Phi) is 5.20. The number of pyridine rings is 1. The molecule has 0 radical (unpaired) electrons. The molecule has 0 aliphatic rings. The van der Waals surface area contributed by atoms with Crippen LogP contribution in [0, 0.1) is 0 Å². The minimum absolute atomic E-state index is 0.298. The Bertz CT molecular complexity index is 1060. The number of hydrogen-bond acceptors (Lipinski definition) is 3. The van der Waals surface area contributed by atoms with Gasteiger partial charge in [-0.15, -0.1) is 0 Å². The van der Waals surface area contributed by atoms with Crippen molar-refractivity contribution in [3.05, 3.63) is 84.7 Å². The lowest BCUT2D eigenvalue weighted by Gasteiger charge is -2.09. The second kappa shape index (κ2) is 8.26. The van der Waals surface area contributed by atoms with Crippen LogP contribution in [0.5, 0.6) is 0 Å². The van der Waals surface area contributed by atoms with Gasteiger partial charge in [0.15, 0.2) is 0 Å². The molecule has 0 saturated carbocycles. The molecule has 4 N–H and O–H groups in total. The van der Waals surface area contributed by atoms with Crippen molar-refractivity contribution in [3.8, 4) is 0 Å².